The van der Waals surface area contributed by atoms with Crippen LogP contribution in [0.4, 0.5) is 0 Å². The van der Waals surface area contributed by atoms with Gasteiger partial charge in [-0.1, -0.05) is 20.8 Å². The summed E-state index contributed by atoms with van der Waals surface area (Å²) in [7, 11) is 0. The molecule has 1 saturated heterocycles. The Morgan fingerprint density at radius 3 is 2.26 bits per heavy atom. The van der Waals surface area contributed by atoms with Gasteiger partial charge in [-0.05, 0) is 18.8 Å². The number of nitrogens with zero attached hydrogens (tertiary/aromatic N) is 2. The van der Waals surface area contributed by atoms with E-state index in [4.69, 9.17) is 5.73 Å². The van der Waals surface area contributed by atoms with Crippen LogP contribution in [0.25, 0.3) is 0 Å². The minimum absolute atomic E-state index is 0.0273. The molecule has 1 heterocycles. The van der Waals surface area contributed by atoms with Crippen molar-refractivity contribution in [3.8, 4) is 0 Å². The number of carbonyl (C=O) groups is 2. The van der Waals surface area contributed by atoms with Crippen molar-refractivity contribution in [3.63, 3.8) is 0 Å². The van der Waals surface area contributed by atoms with E-state index in [0.717, 1.165) is 13.0 Å². The first-order valence-corrected chi connectivity index (χ1v) is 7.27. The molecule has 0 saturated carbocycles. The molecule has 1 rings (SSSR count). The van der Waals surface area contributed by atoms with Gasteiger partial charge in [0.05, 0.1) is 6.04 Å². The van der Waals surface area contributed by atoms with E-state index in [-0.39, 0.29) is 11.8 Å². The topological polar surface area (TPSA) is 66.6 Å². The smallest absolute Gasteiger partial charge is 0.239 e. The molecule has 0 aromatic heterocycles. The Morgan fingerprint density at radius 1 is 1.11 bits per heavy atom. The average molecular weight is 269 g/mol. The Balaban J connectivity index is 2.52. The van der Waals surface area contributed by atoms with E-state index >= 15 is 0 Å². The Labute approximate surface area is 116 Å². The molecule has 1 aliphatic rings. The zero-order valence-corrected chi connectivity index (χ0v) is 12.4. The van der Waals surface area contributed by atoms with Crippen LogP contribution in [-0.4, -0.2) is 53.8 Å². The molecule has 2 N–H and O–H groups in total. The molecule has 19 heavy (non-hydrogen) atoms. The second-order valence-corrected chi connectivity index (χ2v) is 5.65. The monoisotopic (exact) mass is 269 g/mol. The lowest BCUT2D eigenvalue weighted by Crippen LogP contribution is -2.46. The summed E-state index contributed by atoms with van der Waals surface area (Å²) in [5.41, 5.74) is 5.95. The molecule has 1 atom stereocenters. The summed E-state index contributed by atoms with van der Waals surface area (Å²) in [6.07, 6.45) is 2.08. The SMILES string of the molecule is CCC(=O)N1CCCN(C(=O)[C@@H](N)CC(C)C)CC1. The highest BCUT2D eigenvalue weighted by Crippen LogP contribution is 2.09. The lowest BCUT2D eigenvalue weighted by atomic mass is 10.0. The summed E-state index contributed by atoms with van der Waals surface area (Å²) < 4.78 is 0. The average Bonchev–Trinajstić information content (AvgIpc) is 2.61. The third-order valence-electron chi connectivity index (χ3n) is 3.51. The van der Waals surface area contributed by atoms with Gasteiger partial charge < -0.3 is 15.5 Å². The Kier molecular flexibility index (Phi) is 6.28. The fourth-order valence-corrected chi connectivity index (χ4v) is 2.45. The predicted octanol–water partition coefficient (Wildman–Crippen LogP) is 0.831. The third-order valence-corrected chi connectivity index (χ3v) is 3.51. The Bertz CT molecular complexity index is 318. The molecule has 0 unspecified atom stereocenters. The van der Waals surface area contributed by atoms with Crippen molar-refractivity contribution >= 4 is 11.8 Å². The van der Waals surface area contributed by atoms with Crippen molar-refractivity contribution in [3.05, 3.63) is 0 Å². The molecule has 2 amide bonds. The second-order valence-electron chi connectivity index (χ2n) is 5.65. The third kappa shape index (κ3) is 4.82. The molecule has 0 radical (unpaired) electrons. The predicted molar refractivity (Wildman–Crippen MR) is 75.5 cm³/mol. The first-order valence-electron chi connectivity index (χ1n) is 7.27. The van der Waals surface area contributed by atoms with Gasteiger partial charge in [-0.2, -0.15) is 0 Å². The molecule has 0 bridgehead atoms. The maximum atomic E-state index is 12.2. The van der Waals surface area contributed by atoms with Crippen LogP contribution in [0.15, 0.2) is 0 Å². The van der Waals surface area contributed by atoms with Crippen molar-refractivity contribution in [2.45, 2.75) is 46.1 Å². The molecular weight excluding hydrogens is 242 g/mol. The lowest BCUT2D eigenvalue weighted by molar-refractivity contribution is -0.134. The molecule has 0 spiro atoms. The summed E-state index contributed by atoms with van der Waals surface area (Å²) in [4.78, 5) is 27.6. The number of amides is 2. The van der Waals surface area contributed by atoms with Gasteiger partial charge in [-0.25, -0.2) is 0 Å². The quantitative estimate of drug-likeness (QED) is 0.822. The van der Waals surface area contributed by atoms with E-state index in [1.54, 1.807) is 0 Å². The van der Waals surface area contributed by atoms with Crippen LogP contribution in [0.1, 0.15) is 40.0 Å². The van der Waals surface area contributed by atoms with Crippen molar-refractivity contribution in [1.29, 1.82) is 0 Å². The summed E-state index contributed by atoms with van der Waals surface area (Å²) in [6, 6.07) is -0.409. The van der Waals surface area contributed by atoms with Crippen molar-refractivity contribution in [2.24, 2.45) is 11.7 Å². The van der Waals surface area contributed by atoms with Crippen molar-refractivity contribution < 1.29 is 9.59 Å². The Hall–Kier alpha value is -1.10. The summed E-state index contributed by atoms with van der Waals surface area (Å²) in [5.74, 6) is 0.615. The van der Waals surface area contributed by atoms with E-state index in [0.29, 0.717) is 38.4 Å². The maximum Gasteiger partial charge on any atom is 0.239 e. The highest BCUT2D eigenvalue weighted by molar-refractivity contribution is 5.82. The molecular formula is C14H27N3O2. The highest BCUT2D eigenvalue weighted by Gasteiger charge is 2.25. The van der Waals surface area contributed by atoms with E-state index in [9.17, 15) is 9.59 Å². The minimum atomic E-state index is -0.409. The van der Waals surface area contributed by atoms with Crippen LogP contribution in [0.3, 0.4) is 0 Å². The maximum absolute atomic E-state index is 12.2. The molecule has 5 heteroatoms. The van der Waals surface area contributed by atoms with Crippen LogP contribution in [-0.2, 0) is 9.59 Å². The molecule has 5 nitrogen and oxygen atoms in total. The number of nitrogens with two attached hydrogens (primary N) is 1. The number of rotatable bonds is 4. The summed E-state index contributed by atoms with van der Waals surface area (Å²) in [5, 5.41) is 0. The summed E-state index contributed by atoms with van der Waals surface area (Å²) >= 11 is 0. The Morgan fingerprint density at radius 2 is 1.68 bits per heavy atom. The van der Waals surface area contributed by atoms with Crippen LogP contribution >= 0.6 is 0 Å². The van der Waals surface area contributed by atoms with E-state index in [1.165, 1.54) is 0 Å². The van der Waals surface area contributed by atoms with Crippen molar-refractivity contribution in [2.75, 3.05) is 26.2 Å². The largest absolute Gasteiger partial charge is 0.341 e. The first kappa shape index (κ1) is 16.0. The fourth-order valence-electron chi connectivity index (χ4n) is 2.45. The van der Waals surface area contributed by atoms with Gasteiger partial charge in [0.2, 0.25) is 11.8 Å². The van der Waals surface area contributed by atoms with Gasteiger partial charge >= 0.3 is 0 Å². The minimum Gasteiger partial charge on any atom is -0.341 e. The molecule has 0 aliphatic carbocycles. The molecule has 0 aromatic rings. The van der Waals surface area contributed by atoms with Crippen LogP contribution in [0.2, 0.25) is 0 Å². The van der Waals surface area contributed by atoms with Gasteiger partial charge in [-0.3, -0.25) is 9.59 Å². The van der Waals surface area contributed by atoms with E-state index < -0.39 is 6.04 Å². The van der Waals surface area contributed by atoms with Crippen LogP contribution < -0.4 is 5.73 Å². The normalized spacial score (nSPS) is 18.4. The van der Waals surface area contributed by atoms with Gasteiger partial charge in [0.25, 0.3) is 0 Å². The molecule has 1 aliphatic heterocycles. The van der Waals surface area contributed by atoms with Crippen LogP contribution in [0, 0.1) is 5.92 Å². The fraction of sp³-hybridized carbons (Fsp3) is 0.857. The zero-order chi connectivity index (χ0) is 14.4. The van der Waals surface area contributed by atoms with Crippen molar-refractivity contribution in [1.82, 2.24) is 9.80 Å². The van der Waals surface area contributed by atoms with Gasteiger partial charge in [0.1, 0.15) is 0 Å². The number of hydrogen-bond acceptors (Lipinski definition) is 3. The van der Waals surface area contributed by atoms with E-state index in [2.05, 4.69) is 13.8 Å². The standard InChI is InChI=1S/C14H27N3O2/c1-4-13(18)16-6-5-7-17(9-8-16)14(19)12(15)10-11(2)3/h11-12H,4-10,15H2,1-3H3/t12-/m0/s1. The molecule has 110 valence electrons. The van der Waals surface area contributed by atoms with Crippen LogP contribution in [0.5, 0.6) is 0 Å². The molecule has 1 fully saturated rings. The van der Waals surface area contributed by atoms with Gasteiger partial charge in [0.15, 0.2) is 0 Å². The van der Waals surface area contributed by atoms with E-state index in [1.807, 2.05) is 16.7 Å². The van der Waals surface area contributed by atoms with Gasteiger partial charge in [0, 0.05) is 32.6 Å². The molecule has 0 aromatic carbocycles. The lowest BCUT2D eigenvalue weighted by Gasteiger charge is -2.25. The van der Waals surface area contributed by atoms with Gasteiger partial charge in [-0.15, -0.1) is 0 Å². The summed E-state index contributed by atoms with van der Waals surface area (Å²) in [6.45, 7) is 8.69. The first-order chi connectivity index (χ1) is 8.95. The number of hydrogen-bond donors (Lipinski definition) is 1. The highest BCUT2D eigenvalue weighted by atomic mass is 16.2. The zero-order valence-electron chi connectivity index (χ0n) is 12.4. The number of carbonyl (C=O) groups excluding carboxylic acids is 2. The second kappa shape index (κ2) is 7.48.